The van der Waals surface area contributed by atoms with Crippen LogP contribution in [-0.4, -0.2) is 68.4 Å². The van der Waals surface area contributed by atoms with E-state index >= 15 is 4.39 Å². The van der Waals surface area contributed by atoms with E-state index in [-0.39, 0.29) is 29.7 Å². The van der Waals surface area contributed by atoms with Crippen LogP contribution in [0, 0.1) is 12.8 Å². The number of hydroxylamine groups is 1. The van der Waals surface area contributed by atoms with Gasteiger partial charge in [0.25, 0.3) is 0 Å². The number of piperidine rings is 1. The van der Waals surface area contributed by atoms with E-state index in [0.717, 1.165) is 30.9 Å². The molecule has 1 fully saturated rings. The smallest absolute Gasteiger partial charge is 0.329 e. The number of likely N-dealkylation sites (tertiary alicyclic amines) is 1. The number of alkyl halides is 1. The molecule has 2 heterocycles. The minimum Gasteiger partial charge on any atom is -0.504 e. The van der Waals surface area contributed by atoms with Crippen molar-refractivity contribution in [2.24, 2.45) is 5.92 Å². The van der Waals surface area contributed by atoms with Gasteiger partial charge in [-0.3, -0.25) is 14.5 Å². The van der Waals surface area contributed by atoms with Gasteiger partial charge in [0.2, 0.25) is 0 Å². The fourth-order valence-electron chi connectivity index (χ4n) is 4.88. The lowest BCUT2D eigenvalue weighted by Gasteiger charge is -2.46. The quantitative estimate of drug-likeness (QED) is 0.507. The Morgan fingerprint density at radius 3 is 2.54 bits per heavy atom. The highest BCUT2D eigenvalue weighted by Gasteiger charge is 2.44. The molecule has 2 unspecified atom stereocenters. The lowest BCUT2D eigenvalue weighted by molar-refractivity contribution is -0.146. The molecular weight excluding hydrogens is 479 g/mol. The fourth-order valence-corrected chi connectivity index (χ4v) is 4.88. The summed E-state index contributed by atoms with van der Waals surface area (Å²) < 4.78 is 15.5. The first-order valence-corrected chi connectivity index (χ1v) is 12.2. The number of nitrogens with zero attached hydrogens (tertiary/aromatic N) is 3. The number of amides is 1. The average Bonchev–Trinajstić information content (AvgIpc) is 2.90. The number of rotatable bonds is 6. The first-order valence-electron chi connectivity index (χ1n) is 12.2. The largest absolute Gasteiger partial charge is 0.504 e. The molecule has 1 amide bonds. The number of hydrogen-bond acceptors (Lipinski definition) is 8. The van der Waals surface area contributed by atoms with Gasteiger partial charge < -0.3 is 15.1 Å². The molecule has 2 aliphatic rings. The molecule has 0 bridgehead atoms. The summed E-state index contributed by atoms with van der Waals surface area (Å²) in [7, 11) is 0. The zero-order valence-electron chi connectivity index (χ0n) is 20.9. The molecule has 3 N–H and O–H groups in total. The van der Waals surface area contributed by atoms with Crippen LogP contribution in [0.5, 0.6) is 5.75 Å². The molecule has 1 aliphatic carbocycles. The van der Waals surface area contributed by atoms with Gasteiger partial charge in [0.1, 0.15) is 12.0 Å². The number of halogens is 1. The van der Waals surface area contributed by atoms with Gasteiger partial charge in [0.05, 0.1) is 17.8 Å². The van der Waals surface area contributed by atoms with Crippen molar-refractivity contribution in [1.82, 2.24) is 20.3 Å². The number of aromatic hydroxyl groups is 1. The van der Waals surface area contributed by atoms with Crippen LogP contribution in [0.25, 0.3) is 5.57 Å². The number of aromatic nitrogens is 2. The maximum Gasteiger partial charge on any atom is 0.329 e. The Labute approximate surface area is 214 Å². The molecule has 10 heteroatoms. The molecule has 1 aromatic heterocycles. The summed E-state index contributed by atoms with van der Waals surface area (Å²) in [6.07, 6.45) is 5.76. The Morgan fingerprint density at radius 2 is 1.92 bits per heavy atom. The van der Waals surface area contributed by atoms with Gasteiger partial charge in [-0.05, 0) is 56.0 Å². The zero-order chi connectivity index (χ0) is 26.6. The van der Waals surface area contributed by atoms with Crippen LogP contribution in [0.2, 0.25) is 0 Å². The monoisotopic (exact) mass is 510 g/mol. The highest BCUT2D eigenvalue weighted by atomic mass is 19.1. The van der Waals surface area contributed by atoms with Gasteiger partial charge >= 0.3 is 11.9 Å². The van der Waals surface area contributed by atoms with E-state index in [9.17, 15) is 19.8 Å². The highest BCUT2D eigenvalue weighted by Crippen LogP contribution is 2.36. The Kier molecular flexibility index (Phi) is 7.99. The number of aliphatic hydroxyl groups excluding tert-OH is 1. The van der Waals surface area contributed by atoms with Crippen LogP contribution in [-0.2, 0) is 16.1 Å². The van der Waals surface area contributed by atoms with E-state index in [1.165, 1.54) is 0 Å². The van der Waals surface area contributed by atoms with Gasteiger partial charge in [-0.2, -0.15) is 5.48 Å². The second kappa shape index (κ2) is 11.2. The van der Waals surface area contributed by atoms with Gasteiger partial charge in [-0.1, -0.05) is 42.5 Å². The predicted octanol–water partition coefficient (Wildman–Crippen LogP) is 2.68. The summed E-state index contributed by atoms with van der Waals surface area (Å²) >= 11 is 0. The standard InChI is InChI=1S/C27H31FN4O5/c1-17-25(35)24(26(36)31-37-18(2)34)30-23(29-17)14-19-9-12-32(13-10-19)27(16-33)11-8-21(15-22(27)28)20-6-4-3-5-7-20/h3-8,11,15,19,22,33,35H,9-10,12-14,16H2,1-2H3,(H,31,36). The molecule has 0 saturated carbocycles. The molecule has 196 valence electrons. The molecule has 2 aromatic rings. The molecule has 9 nitrogen and oxygen atoms in total. The zero-order valence-corrected chi connectivity index (χ0v) is 20.9. The Balaban J connectivity index is 1.41. The molecule has 37 heavy (non-hydrogen) atoms. The second-order valence-corrected chi connectivity index (χ2v) is 9.45. The van der Waals surface area contributed by atoms with Crippen molar-refractivity contribution in [3.8, 4) is 5.75 Å². The number of carbonyl (C=O) groups excluding carboxylic acids is 2. The maximum atomic E-state index is 15.5. The molecule has 2 atom stereocenters. The number of aliphatic hydroxyl groups is 1. The van der Waals surface area contributed by atoms with E-state index in [0.29, 0.717) is 25.3 Å². The molecule has 1 saturated heterocycles. The SMILES string of the molecule is CC(=O)ONC(=O)c1nc(CC2CCN(C3(CO)C=CC(c4ccccc4)=CC3F)CC2)nc(C)c1O. The van der Waals surface area contributed by atoms with Crippen LogP contribution in [0.15, 0.2) is 48.6 Å². The van der Waals surface area contributed by atoms with Crippen LogP contribution in [0.3, 0.4) is 0 Å². The molecule has 0 spiro atoms. The van der Waals surface area contributed by atoms with Crippen molar-refractivity contribution < 1.29 is 29.0 Å². The molecule has 1 aromatic carbocycles. The summed E-state index contributed by atoms with van der Waals surface area (Å²) in [5, 5.41) is 20.5. The summed E-state index contributed by atoms with van der Waals surface area (Å²) in [5.74, 6) is -1.38. The minimum atomic E-state index is -1.37. The average molecular weight is 511 g/mol. The molecular formula is C27H31FN4O5. The molecule has 0 radical (unpaired) electrons. The Bertz CT molecular complexity index is 1210. The number of carbonyl (C=O) groups is 2. The van der Waals surface area contributed by atoms with Crippen LogP contribution < -0.4 is 5.48 Å². The lowest BCUT2D eigenvalue weighted by atomic mass is 9.81. The number of allylic oxidation sites excluding steroid dienone is 2. The fraction of sp³-hybridized carbons (Fsp3) is 0.407. The van der Waals surface area contributed by atoms with Crippen molar-refractivity contribution >= 4 is 17.4 Å². The lowest BCUT2D eigenvalue weighted by Crippen LogP contribution is -2.59. The third-order valence-corrected chi connectivity index (χ3v) is 7.00. The van der Waals surface area contributed by atoms with E-state index in [4.69, 9.17) is 0 Å². The van der Waals surface area contributed by atoms with E-state index in [1.54, 1.807) is 19.1 Å². The number of aryl methyl sites for hydroxylation is 1. The normalized spacial score (nSPS) is 22.4. The van der Waals surface area contributed by atoms with Gasteiger partial charge in [0.15, 0.2) is 11.4 Å². The van der Waals surface area contributed by atoms with Crippen molar-refractivity contribution in [3.63, 3.8) is 0 Å². The topological polar surface area (TPSA) is 125 Å². The third-order valence-electron chi connectivity index (χ3n) is 7.00. The van der Waals surface area contributed by atoms with Gasteiger partial charge in [0, 0.05) is 13.3 Å². The van der Waals surface area contributed by atoms with E-state index < -0.39 is 23.6 Å². The summed E-state index contributed by atoms with van der Waals surface area (Å²) in [6.45, 7) is 3.50. The minimum absolute atomic E-state index is 0.168. The number of nitrogens with one attached hydrogen (secondary N) is 1. The van der Waals surface area contributed by atoms with E-state index in [1.807, 2.05) is 46.8 Å². The van der Waals surface area contributed by atoms with E-state index in [2.05, 4.69) is 14.8 Å². The summed E-state index contributed by atoms with van der Waals surface area (Å²) in [5.41, 5.74) is 2.53. The third kappa shape index (κ3) is 5.70. The van der Waals surface area contributed by atoms with Crippen molar-refractivity contribution in [3.05, 3.63) is 71.3 Å². The number of benzene rings is 1. The van der Waals surface area contributed by atoms with Gasteiger partial charge in [-0.25, -0.2) is 14.4 Å². The first kappa shape index (κ1) is 26.4. The van der Waals surface area contributed by atoms with Crippen LogP contribution >= 0.6 is 0 Å². The number of hydrogen-bond donors (Lipinski definition) is 3. The van der Waals surface area contributed by atoms with Gasteiger partial charge in [-0.15, -0.1) is 0 Å². The van der Waals surface area contributed by atoms with Crippen LogP contribution in [0.1, 0.15) is 47.3 Å². The second-order valence-electron chi connectivity index (χ2n) is 9.45. The Hall–Kier alpha value is -3.63. The first-order chi connectivity index (χ1) is 17.7. The Morgan fingerprint density at radius 1 is 1.22 bits per heavy atom. The summed E-state index contributed by atoms with van der Waals surface area (Å²) in [6, 6.07) is 9.58. The molecule has 4 rings (SSSR count). The molecule has 1 aliphatic heterocycles. The summed E-state index contributed by atoms with van der Waals surface area (Å²) in [4.78, 5) is 38.2. The predicted molar refractivity (Wildman–Crippen MR) is 134 cm³/mol. The van der Waals surface area contributed by atoms with Crippen molar-refractivity contribution in [2.75, 3.05) is 19.7 Å². The maximum absolute atomic E-state index is 15.5. The highest BCUT2D eigenvalue weighted by molar-refractivity contribution is 5.95. The van der Waals surface area contributed by atoms with Crippen molar-refractivity contribution in [2.45, 2.75) is 44.8 Å². The van der Waals surface area contributed by atoms with Crippen LogP contribution in [0.4, 0.5) is 4.39 Å². The van der Waals surface area contributed by atoms with Crippen molar-refractivity contribution in [1.29, 1.82) is 0 Å².